The lowest BCUT2D eigenvalue weighted by atomic mass is 10.0. The molecule has 0 unspecified atom stereocenters. The molecule has 0 aliphatic heterocycles. The van der Waals surface area contributed by atoms with Crippen LogP contribution in [0.4, 0.5) is 5.69 Å². The average molecular weight is 262 g/mol. The zero-order valence-electron chi connectivity index (χ0n) is 9.17. The number of hydrogen-bond donors (Lipinski definition) is 0. The molecule has 0 spiro atoms. The predicted molar refractivity (Wildman–Crippen MR) is 68.7 cm³/mol. The van der Waals surface area contributed by atoms with E-state index in [1.807, 2.05) is 0 Å². The van der Waals surface area contributed by atoms with Crippen LogP contribution in [0.1, 0.15) is 10.4 Å². The van der Waals surface area contributed by atoms with E-state index in [2.05, 4.69) is 0 Å². The van der Waals surface area contributed by atoms with Gasteiger partial charge in [-0.1, -0.05) is 18.2 Å². The molecular weight excluding hydrogens is 254 g/mol. The molecule has 0 atom stereocenters. The number of halogens is 1. The Morgan fingerprint density at radius 3 is 2.22 bits per heavy atom. The molecule has 0 saturated carbocycles. The van der Waals surface area contributed by atoms with Gasteiger partial charge in [0.1, 0.15) is 0 Å². The molecule has 90 valence electrons. The number of benzene rings is 2. The maximum absolute atomic E-state index is 11.3. The maximum Gasteiger partial charge on any atom is 0.269 e. The van der Waals surface area contributed by atoms with E-state index < -0.39 is 10.2 Å². The number of nitrogens with zero attached hydrogens (tertiary/aromatic N) is 1. The third kappa shape index (κ3) is 2.38. The van der Waals surface area contributed by atoms with Crippen LogP contribution < -0.4 is 0 Å². The molecule has 0 bridgehead atoms. The summed E-state index contributed by atoms with van der Waals surface area (Å²) >= 11 is 5.49. The number of nitro groups is 1. The van der Waals surface area contributed by atoms with Crippen molar-refractivity contribution in [1.82, 2.24) is 0 Å². The van der Waals surface area contributed by atoms with Crippen molar-refractivity contribution in [3.8, 4) is 11.1 Å². The van der Waals surface area contributed by atoms with Crippen LogP contribution in [0.25, 0.3) is 11.1 Å². The molecule has 2 rings (SSSR count). The van der Waals surface area contributed by atoms with E-state index in [0.29, 0.717) is 16.7 Å². The second kappa shape index (κ2) is 4.98. The van der Waals surface area contributed by atoms with Crippen LogP contribution in [-0.4, -0.2) is 10.2 Å². The van der Waals surface area contributed by atoms with Gasteiger partial charge < -0.3 is 0 Å². The minimum Gasteiger partial charge on any atom is -0.276 e. The second-order valence-electron chi connectivity index (χ2n) is 3.62. The quantitative estimate of drug-likeness (QED) is 0.481. The highest BCUT2D eigenvalue weighted by Crippen LogP contribution is 2.26. The molecule has 18 heavy (non-hydrogen) atoms. The summed E-state index contributed by atoms with van der Waals surface area (Å²) in [5.74, 6) is 0. The van der Waals surface area contributed by atoms with E-state index in [-0.39, 0.29) is 5.69 Å². The first-order chi connectivity index (χ1) is 8.59. The fraction of sp³-hybridized carbons (Fsp3) is 0. The first-order valence-electron chi connectivity index (χ1n) is 5.13. The SMILES string of the molecule is O=C(Cl)c1ccccc1-c1ccc([N+](=O)[O-])cc1. The molecule has 5 heteroatoms. The Morgan fingerprint density at radius 2 is 1.67 bits per heavy atom. The molecule has 4 nitrogen and oxygen atoms in total. The molecular formula is C13H8ClNO3. The summed E-state index contributed by atoms with van der Waals surface area (Å²) < 4.78 is 0. The third-order valence-corrected chi connectivity index (χ3v) is 2.73. The summed E-state index contributed by atoms with van der Waals surface area (Å²) in [4.78, 5) is 21.4. The summed E-state index contributed by atoms with van der Waals surface area (Å²) in [6.45, 7) is 0. The van der Waals surface area contributed by atoms with E-state index in [1.54, 1.807) is 36.4 Å². The van der Waals surface area contributed by atoms with Gasteiger partial charge in [-0.05, 0) is 40.9 Å². The summed E-state index contributed by atoms with van der Waals surface area (Å²) in [7, 11) is 0. The Kier molecular flexibility index (Phi) is 3.39. The van der Waals surface area contributed by atoms with Gasteiger partial charge >= 0.3 is 0 Å². The molecule has 2 aromatic carbocycles. The number of non-ortho nitro benzene ring substituents is 1. The van der Waals surface area contributed by atoms with Crippen LogP contribution in [-0.2, 0) is 0 Å². The van der Waals surface area contributed by atoms with Gasteiger partial charge in [-0.3, -0.25) is 14.9 Å². The molecule has 0 radical (unpaired) electrons. The lowest BCUT2D eigenvalue weighted by molar-refractivity contribution is -0.384. The van der Waals surface area contributed by atoms with E-state index >= 15 is 0 Å². The van der Waals surface area contributed by atoms with Crippen molar-refractivity contribution < 1.29 is 9.72 Å². The van der Waals surface area contributed by atoms with Crippen molar-refractivity contribution in [3.63, 3.8) is 0 Å². The van der Waals surface area contributed by atoms with E-state index in [9.17, 15) is 14.9 Å². The first kappa shape index (κ1) is 12.3. The lowest BCUT2D eigenvalue weighted by Crippen LogP contribution is -1.93. The van der Waals surface area contributed by atoms with Gasteiger partial charge in [-0.15, -0.1) is 0 Å². The van der Waals surface area contributed by atoms with Crippen LogP contribution >= 0.6 is 11.6 Å². The van der Waals surface area contributed by atoms with Crippen molar-refractivity contribution in [1.29, 1.82) is 0 Å². The Balaban J connectivity index is 2.49. The van der Waals surface area contributed by atoms with E-state index in [1.165, 1.54) is 12.1 Å². The van der Waals surface area contributed by atoms with Crippen molar-refractivity contribution in [2.24, 2.45) is 0 Å². The second-order valence-corrected chi connectivity index (χ2v) is 3.97. The van der Waals surface area contributed by atoms with Gasteiger partial charge in [0.05, 0.1) is 4.92 Å². The largest absolute Gasteiger partial charge is 0.276 e. The van der Waals surface area contributed by atoms with Gasteiger partial charge in [0.15, 0.2) is 0 Å². The Hall–Kier alpha value is -2.20. The van der Waals surface area contributed by atoms with E-state index in [4.69, 9.17) is 11.6 Å². The average Bonchev–Trinajstić information content (AvgIpc) is 2.39. The predicted octanol–water partition coefficient (Wildman–Crippen LogP) is 3.64. The fourth-order valence-corrected chi connectivity index (χ4v) is 1.83. The maximum atomic E-state index is 11.3. The molecule has 0 amide bonds. The minimum absolute atomic E-state index is 0.00781. The molecule has 0 aliphatic carbocycles. The van der Waals surface area contributed by atoms with Crippen molar-refractivity contribution >= 4 is 22.5 Å². The molecule has 0 aliphatic rings. The molecule has 0 fully saturated rings. The number of nitro benzene ring substituents is 1. The fourth-order valence-electron chi connectivity index (χ4n) is 1.67. The minimum atomic E-state index is -0.552. The molecule has 0 N–H and O–H groups in total. The summed E-state index contributed by atoms with van der Waals surface area (Å²) in [6, 6.07) is 12.8. The van der Waals surface area contributed by atoms with Crippen molar-refractivity contribution in [3.05, 3.63) is 64.2 Å². The molecule has 0 saturated heterocycles. The normalized spacial score (nSPS) is 10.1. The van der Waals surface area contributed by atoms with Gasteiger partial charge in [-0.25, -0.2) is 0 Å². The molecule has 0 aromatic heterocycles. The van der Waals surface area contributed by atoms with Crippen LogP contribution in [0.5, 0.6) is 0 Å². The summed E-state index contributed by atoms with van der Waals surface area (Å²) in [5, 5.41) is 10.0. The topological polar surface area (TPSA) is 60.2 Å². The summed E-state index contributed by atoms with van der Waals surface area (Å²) in [6.07, 6.45) is 0. The highest BCUT2D eigenvalue weighted by Gasteiger charge is 2.11. The van der Waals surface area contributed by atoms with Crippen LogP contribution in [0.3, 0.4) is 0 Å². The zero-order valence-corrected chi connectivity index (χ0v) is 9.92. The van der Waals surface area contributed by atoms with E-state index in [0.717, 1.165) is 0 Å². The van der Waals surface area contributed by atoms with Crippen LogP contribution in [0.2, 0.25) is 0 Å². The number of carbonyl (C=O) groups is 1. The van der Waals surface area contributed by atoms with Crippen molar-refractivity contribution in [2.75, 3.05) is 0 Å². The smallest absolute Gasteiger partial charge is 0.269 e. The third-order valence-electron chi connectivity index (χ3n) is 2.53. The monoisotopic (exact) mass is 261 g/mol. The van der Waals surface area contributed by atoms with Gasteiger partial charge in [-0.2, -0.15) is 0 Å². The lowest BCUT2D eigenvalue weighted by Gasteiger charge is -2.05. The van der Waals surface area contributed by atoms with Crippen molar-refractivity contribution in [2.45, 2.75) is 0 Å². The number of hydrogen-bond acceptors (Lipinski definition) is 3. The zero-order chi connectivity index (χ0) is 13.1. The number of rotatable bonds is 3. The summed E-state index contributed by atoms with van der Waals surface area (Å²) in [5.41, 5.74) is 1.76. The van der Waals surface area contributed by atoms with Gasteiger partial charge in [0.2, 0.25) is 0 Å². The Labute approximate surface area is 108 Å². The molecule has 0 heterocycles. The number of carbonyl (C=O) groups excluding carboxylic acids is 1. The standard InChI is InChI=1S/C13H8ClNO3/c14-13(16)12-4-2-1-3-11(12)9-5-7-10(8-6-9)15(17)18/h1-8H. The Morgan fingerprint density at radius 1 is 1.06 bits per heavy atom. The highest BCUT2D eigenvalue weighted by molar-refractivity contribution is 6.68. The van der Waals surface area contributed by atoms with Crippen LogP contribution in [0, 0.1) is 10.1 Å². The van der Waals surface area contributed by atoms with Gasteiger partial charge in [0.25, 0.3) is 10.9 Å². The van der Waals surface area contributed by atoms with Crippen LogP contribution in [0.15, 0.2) is 48.5 Å². The Bertz CT molecular complexity index is 608. The van der Waals surface area contributed by atoms with Gasteiger partial charge in [0, 0.05) is 17.7 Å². The highest BCUT2D eigenvalue weighted by atomic mass is 35.5. The molecule has 2 aromatic rings. The first-order valence-corrected chi connectivity index (χ1v) is 5.51.